The minimum atomic E-state index is -1.57. The van der Waals surface area contributed by atoms with Crippen LogP contribution in [0, 0.1) is 17.0 Å². The molecule has 0 radical (unpaired) electrons. The van der Waals surface area contributed by atoms with Crippen LogP contribution >= 0.6 is 0 Å². The number of ether oxygens (including phenoxy) is 1. The molecule has 0 aliphatic carbocycles. The Labute approximate surface area is 448 Å². The third-order valence-electron chi connectivity index (χ3n) is 12.2. The van der Waals surface area contributed by atoms with Gasteiger partial charge in [0.1, 0.15) is 56.1 Å². The number of alkyl carbamates (subject to hydrolysis) is 1. The first-order valence-electron chi connectivity index (χ1n) is 24.8. The molecule has 78 heavy (non-hydrogen) atoms. The molecule has 1 aliphatic rings. The molecule has 4 atom stereocenters. The molecule has 5 rings (SSSR count). The summed E-state index contributed by atoms with van der Waals surface area (Å²) in [4.78, 5) is 132. The van der Waals surface area contributed by atoms with Crippen molar-refractivity contribution in [3.63, 3.8) is 0 Å². The molecule has 2 heterocycles. The van der Waals surface area contributed by atoms with Crippen LogP contribution in [0.5, 0.6) is 0 Å². The van der Waals surface area contributed by atoms with E-state index in [0.717, 1.165) is 35.9 Å². The Morgan fingerprint density at radius 1 is 0.744 bits per heavy atom. The van der Waals surface area contributed by atoms with Gasteiger partial charge in [0.05, 0.1) is 6.04 Å². The highest BCUT2D eigenvalue weighted by Crippen LogP contribution is 2.41. The lowest BCUT2D eigenvalue weighted by Crippen LogP contribution is -2.57. The highest BCUT2D eigenvalue weighted by atomic mass is 19.1. The van der Waals surface area contributed by atoms with E-state index in [4.69, 9.17) is 10.5 Å². The number of hydrogen-bond donors (Lipinski definition) is 8. The van der Waals surface area contributed by atoms with E-state index in [1.54, 1.807) is 67.9 Å². The molecule has 1 aliphatic heterocycles. The van der Waals surface area contributed by atoms with Crippen molar-refractivity contribution in [2.75, 3.05) is 39.3 Å². The maximum absolute atomic E-state index is 15.4. The number of aliphatic hydroxyl groups excluding tert-OH is 1. The van der Waals surface area contributed by atoms with E-state index in [1.807, 2.05) is 30.3 Å². The topological polar surface area (TPSA) is 310 Å². The molecule has 10 amide bonds. The summed E-state index contributed by atoms with van der Waals surface area (Å²) in [6, 6.07) is 17.1. The molecule has 1 aromatic heterocycles. The number of nitrogens with one attached hydrogen (secondary N) is 6. The number of nitrogens with zero attached hydrogens (tertiary/aromatic N) is 3. The smallest absolute Gasteiger partial charge is 0.407 e. The fourth-order valence-electron chi connectivity index (χ4n) is 8.34. The van der Waals surface area contributed by atoms with Gasteiger partial charge in [-0.25, -0.2) is 13.6 Å². The lowest BCUT2D eigenvalue weighted by atomic mass is 9.82. The molecule has 4 unspecified atom stereocenters. The Bertz CT molecular complexity index is 2840. The average molecular weight is 1080 g/mol. The summed E-state index contributed by atoms with van der Waals surface area (Å²) < 4.78 is 36.9. The molecule has 4 aromatic rings. The molecule has 0 bridgehead atoms. The Balaban J connectivity index is 1.39. The van der Waals surface area contributed by atoms with Crippen LogP contribution in [-0.2, 0) is 61.0 Å². The second-order valence-electron chi connectivity index (χ2n) is 19.3. The number of carbonyl (C=O) groups excluding carboxylic acids is 10. The molecule has 0 saturated carbocycles. The summed E-state index contributed by atoms with van der Waals surface area (Å²) in [7, 11) is 0. The van der Waals surface area contributed by atoms with Crippen molar-refractivity contribution in [1.29, 1.82) is 0 Å². The van der Waals surface area contributed by atoms with E-state index in [2.05, 4.69) is 31.9 Å². The SMILES string of the molecule is CC(NC(=O)CNC(=O)OCc1ccccc1)C(=O)NC(CCC(N)=O)C(=O)NC(CCN(C(=O)CO)C(c1cc(-c2cc(F)ccc2F)cn1Cc1ccccc1)C(C)(C)C)C(=O)NCCNC(=O)CN1C(=O)C=CC1=O. The van der Waals surface area contributed by atoms with Gasteiger partial charge in [-0.1, -0.05) is 81.4 Å². The van der Waals surface area contributed by atoms with Crippen molar-refractivity contribution in [2.24, 2.45) is 11.1 Å². The summed E-state index contributed by atoms with van der Waals surface area (Å²) >= 11 is 0. The average Bonchev–Trinajstić information content (AvgIpc) is 3.99. The summed E-state index contributed by atoms with van der Waals surface area (Å²) in [5.74, 6) is -8.82. The van der Waals surface area contributed by atoms with Gasteiger partial charge < -0.3 is 56.9 Å². The van der Waals surface area contributed by atoms with Gasteiger partial charge in [-0.2, -0.15) is 0 Å². The third-order valence-corrected chi connectivity index (χ3v) is 12.2. The maximum Gasteiger partial charge on any atom is 0.407 e. The molecule has 3 aromatic carbocycles. The predicted octanol–water partition coefficient (Wildman–Crippen LogP) is 1.60. The van der Waals surface area contributed by atoms with Gasteiger partial charge in [-0.15, -0.1) is 0 Å². The Hall–Kier alpha value is -8.80. The van der Waals surface area contributed by atoms with Crippen molar-refractivity contribution in [1.82, 2.24) is 46.3 Å². The van der Waals surface area contributed by atoms with Gasteiger partial charge in [0.15, 0.2) is 0 Å². The number of primary amides is 1. The van der Waals surface area contributed by atoms with Crippen LogP contribution in [0.25, 0.3) is 11.1 Å². The Kier molecular flexibility index (Phi) is 21.8. The number of aliphatic hydroxyl groups is 1. The van der Waals surface area contributed by atoms with E-state index in [0.29, 0.717) is 16.2 Å². The van der Waals surface area contributed by atoms with Crippen molar-refractivity contribution in [3.8, 4) is 11.1 Å². The first-order valence-corrected chi connectivity index (χ1v) is 24.8. The maximum atomic E-state index is 15.4. The highest BCUT2D eigenvalue weighted by Gasteiger charge is 2.38. The largest absolute Gasteiger partial charge is 0.445 e. The second-order valence-corrected chi connectivity index (χ2v) is 19.3. The molecular weight excluding hydrogens is 1020 g/mol. The van der Waals surface area contributed by atoms with Gasteiger partial charge in [0.2, 0.25) is 41.4 Å². The van der Waals surface area contributed by atoms with E-state index < -0.39 is 133 Å². The molecule has 0 saturated heterocycles. The fraction of sp³-hybridized carbons (Fsp3) is 0.370. The normalized spacial score (nSPS) is 13.6. The number of carbonyl (C=O) groups is 10. The van der Waals surface area contributed by atoms with Gasteiger partial charge >= 0.3 is 6.09 Å². The molecular formula is C54H64F2N10O12. The molecule has 24 heteroatoms. The van der Waals surface area contributed by atoms with E-state index >= 15 is 4.39 Å². The first-order chi connectivity index (χ1) is 37.0. The predicted molar refractivity (Wildman–Crippen MR) is 277 cm³/mol. The van der Waals surface area contributed by atoms with Crippen molar-refractivity contribution in [3.05, 3.63) is 132 Å². The zero-order valence-corrected chi connectivity index (χ0v) is 43.5. The lowest BCUT2D eigenvalue weighted by Gasteiger charge is -2.41. The quantitative estimate of drug-likeness (QED) is 0.0312. The molecule has 416 valence electrons. The first kappa shape index (κ1) is 60.1. The number of benzene rings is 3. The summed E-state index contributed by atoms with van der Waals surface area (Å²) in [6.07, 6.45) is 1.50. The number of imide groups is 1. The van der Waals surface area contributed by atoms with Gasteiger partial charge in [-0.3, -0.25) is 48.1 Å². The fourth-order valence-corrected chi connectivity index (χ4v) is 8.34. The van der Waals surface area contributed by atoms with E-state index in [1.165, 1.54) is 11.8 Å². The molecule has 0 fully saturated rings. The van der Waals surface area contributed by atoms with Crippen LogP contribution in [0.3, 0.4) is 0 Å². The van der Waals surface area contributed by atoms with E-state index in [9.17, 15) is 57.4 Å². The molecule has 22 nitrogen and oxygen atoms in total. The van der Waals surface area contributed by atoms with Crippen molar-refractivity contribution >= 4 is 59.3 Å². The summed E-state index contributed by atoms with van der Waals surface area (Å²) in [5.41, 5.74) is 6.67. The van der Waals surface area contributed by atoms with Crippen LogP contribution in [0.4, 0.5) is 13.6 Å². The summed E-state index contributed by atoms with van der Waals surface area (Å²) in [6.45, 7) is 3.74. The van der Waals surface area contributed by atoms with Crippen LogP contribution in [0.2, 0.25) is 0 Å². The van der Waals surface area contributed by atoms with Crippen LogP contribution < -0.4 is 37.6 Å². The number of nitrogens with two attached hydrogens (primary N) is 1. The summed E-state index contributed by atoms with van der Waals surface area (Å²) in [5, 5.41) is 25.2. The van der Waals surface area contributed by atoms with E-state index in [-0.39, 0.29) is 50.3 Å². The Morgan fingerprint density at radius 2 is 1.36 bits per heavy atom. The Morgan fingerprint density at radius 3 is 1.99 bits per heavy atom. The number of rotatable bonds is 27. The number of aromatic nitrogens is 1. The van der Waals surface area contributed by atoms with Gasteiger partial charge in [-0.05, 0) is 60.6 Å². The number of halogens is 2. The monoisotopic (exact) mass is 1080 g/mol. The van der Waals surface area contributed by atoms with Crippen LogP contribution in [0.1, 0.15) is 69.8 Å². The minimum absolute atomic E-state index is 0.0649. The second kappa shape index (κ2) is 28.4. The van der Waals surface area contributed by atoms with Crippen LogP contribution in [0.15, 0.2) is 103 Å². The molecule has 9 N–H and O–H groups in total. The standard InChI is InChI=1S/C54H64F2N10O12/c1-33(61-44(69)27-60-53(77)78-32-35-13-9-6-10-14-35)50(74)62-40(17-18-43(57)68)52(76)63-41(51(75)59-23-22-58-45(70)30-66-46(71)19-20-47(66)72)21-24-65(48(73)31-67)49(54(2,3)4)42-25-36(38-26-37(55)15-16-39(38)56)29-64(42)28-34-11-7-5-8-12-34/h5-16,19-20,25-26,29,33,40-41,49,67H,17-18,21-24,27-28,30-32H2,1-4H3,(H2,57,68)(H,58,70)(H,59,75)(H,60,77)(H,61,69)(H,62,74)(H,63,76). The third kappa shape index (κ3) is 17.9. The van der Waals surface area contributed by atoms with Crippen molar-refractivity contribution in [2.45, 2.75) is 84.3 Å². The number of amides is 10. The number of hydrogen-bond acceptors (Lipinski definition) is 12. The zero-order valence-electron chi connectivity index (χ0n) is 43.5. The van der Waals surface area contributed by atoms with Crippen LogP contribution in [-0.4, -0.2) is 136 Å². The lowest BCUT2D eigenvalue weighted by molar-refractivity contribution is -0.141. The highest BCUT2D eigenvalue weighted by molar-refractivity contribution is 6.14. The van der Waals surface area contributed by atoms with Gasteiger partial charge in [0.25, 0.3) is 11.8 Å². The van der Waals surface area contributed by atoms with Gasteiger partial charge in [0, 0.05) is 67.8 Å². The molecule has 0 spiro atoms. The van der Waals surface area contributed by atoms with Crippen molar-refractivity contribution < 1.29 is 66.6 Å². The zero-order chi connectivity index (χ0) is 57.1. The minimum Gasteiger partial charge on any atom is -0.445 e.